The highest BCUT2D eigenvalue weighted by atomic mass is 14.0. The van der Waals surface area contributed by atoms with Crippen LogP contribution in [0.25, 0.3) is 0 Å². The Kier molecular flexibility index (Phi) is 18.3. The molecule has 0 aliphatic heterocycles. The lowest BCUT2D eigenvalue weighted by molar-refractivity contribution is 0.583. The van der Waals surface area contributed by atoms with Gasteiger partial charge < -0.3 is 0 Å². The Hall–Kier alpha value is -2.60. The van der Waals surface area contributed by atoms with E-state index in [1.165, 1.54) is 57.8 Å². The Balaban J connectivity index is 2.44. The van der Waals surface area contributed by atoms with Crippen LogP contribution in [0.15, 0.2) is 122 Å². The lowest BCUT2D eigenvalue weighted by Crippen LogP contribution is -1.80. The topological polar surface area (TPSA) is 0 Å². The zero-order valence-corrected chi connectivity index (χ0v) is 17.9. The molecular weight excluding hydrogens is 348 g/mol. The molecule has 0 saturated heterocycles. The van der Waals surface area contributed by atoms with Gasteiger partial charge in [-0.3, -0.25) is 0 Å². The second-order valence-electron chi connectivity index (χ2n) is 6.99. The van der Waals surface area contributed by atoms with Crippen LogP contribution in [0.2, 0.25) is 0 Å². The molecule has 0 unspecified atom stereocenters. The van der Waals surface area contributed by atoms with E-state index < -0.39 is 0 Å². The maximum absolute atomic E-state index is 2.27. The fourth-order valence-electron chi connectivity index (χ4n) is 2.78. The van der Waals surface area contributed by atoms with Crippen LogP contribution in [0.3, 0.4) is 0 Å². The second kappa shape index (κ2) is 21.7. The van der Waals surface area contributed by atoms with Crippen LogP contribution in [0.1, 0.15) is 57.8 Å². The lowest BCUT2D eigenvalue weighted by Gasteiger charge is -2.00. The van der Waals surface area contributed by atoms with Crippen molar-refractivity contribution in [3.05, 3.63) is 122 Å². The van der Waals surface area contributed by atoms with E-state index >= 15 is 0 Å². The van der Waals surface area contributed by atoms with E-state index in [0.717, 1.165) is 0 Å². The van der Waals surface area contributed by atoms with Gasteiger partial charge in [0.1, 0.15) is 0 Å². The summed E-state index contributed by atoms with van der Waals surface area (Å²) in [6.45, 7) is 0. The molecule has 0 spiro atoms. The molecule has 0 N–H and O–H groups in total. The van der Waals surface area contributed by atoms with Crippen molar-refractivity contribution < 1.29 is 0 Å². The van der Waals surface area contributed by atoms with Gasteiger partial charge >= 0.3 is 0 Å². The predicted octanol–water partition coefficient (Wildman–Crippen LogP) is 9.07. The summed E-state index contributed by atoms with van der Waals surface area (Å²) in [5, 5.41) is 0. The van der Waals surface area contributed by atoms with Gasteiger partial charge in [-0.05, 0) is 25.7 Å². The minimum absolute atomic E-state index is 1.19. The van der Waals surface area contributed by atoms with Crippen LogP contribution in [0, 0.1) is 0 Å². The smallest absolute Gasteiger partial charge is 0.0348 e. The molecule has 0 bridgehead atoms. The van der Waals surface area contributed by atoms with Gasteiger partial charge in [0.25, 0.3) is 0 Å². The second-order valence-corrected chi connectivity index (χ2v) is 6.99. The Bertz CT molecular complexity index is 596. The molecule has 1 aliphatic rings. The first-order valence-corrected chi connectivity index (χ1v) is 11.1. The molecule has 0 aromatic carbocycles. The summed E-state index contributed by atoms with van der Waals surface area (Å²) in [4.78, 5) is 0. The summed E-state index contributed by atoms with van der Waals surface area (Å²) >= 11 is 0. The fourth-order valence-corrected chi connectivity index (χ4v) is 2.78. The Morgan fingerprint density at radius 3 is 0.690 bits per heavy atom. The van der Waals surface area contributed by atoms with E-state index in [1.807, 2.05) is 60.8 Å². The summed E-state index contributed by atoms with van der Waals surface area (Å²) in [5.41, 5.74) is 0. The van der Waals surface area contributed by atoms with Gasteiger partial charge in [-0.2, -0.15) is 0 Å². The third-order valence-corrected chi connectivity index (χ3v) is 4.40. The minimum atomic E-state index is 1.19. The average molecular weight is 387 g/mol. The van der Waals surface area contributed by atoms with Crippen LogP contribution in [-0.4, -0.2) is 0 Å². The summed E-state index contributed by atoms with van der Waals surface area (Å²) in [6, 6.07) is 0. The molecular formula is C29H38. The zero-order chi connectivity index (χ0) is 20.5. The quantitative estimate of drug-likeness (QED) is 0.389. The van der Waals surface area contributed by atoms with Crippen molar-refractivity contribution in [1.29, 1.82) is 0 Å². The van der Waals surface area contributed by atoms with Crippen molar-refractivity contribution in [3.63, 3.8) is 0 Å². The van der Waals surface area contributed by atoms with Crippen LogP contribution < -0.4 is 0 Å². The third-order valence-electron chi connectivity index (χ3n) is 4.40. The minimum Gasteiger partial charge on any atom is -0.0845 e. The van der Waals surface area contributed by atoms with Gasteiger partial charge in [-0.15, -0.1) is 0 Å². The van der Waals surface area contributed by atoms with Crippen molar-refractivity contribution in [2.24, 2.45) is 0 Å². The molecule has 0 atom stereocenters. The molecule has 0 heteroatoms. The molecule has 0 aromatic rings. The summed E-state index contributed by atoms with van der Waals surface area (Å²) in [7, 11) is 0. The molecule has 0 radical (unpaired) electrons. The highest BCUT2D eigenvalue weighted by molar-refractivity contribution is 5.22. The van der Waals surface area contributed by atoms with Gasteiger partial charge in [0.2, 0.25) is 0 Å². The first-order chi connectivity index (χ1) is 14.5. The van der Waals surface area contributed by atoms with E-state index in [4.69, 9.17) is 0 Å². The van der Waals surface area contributed by atoms with E-state index in [0.29, 0.717) is 0 Å². The molecule has 0 saturated carbocycles. The molecule has 29 heavy (non-hydrogen) atoms. The first kappa shape index (κ1) is 24.4. The Morgan fingerprint density at radius 2 is 0.414 bits per heavy atom. The molecule has 1 aliphatic carbocycles. The van der Waals surface area contributed by atoms with Crippen molar-refractivity contribution in [1.82, 2.24) is 0 Å². The SMILES string of the molecule is C1=CCCCCCCCCC/C=C/C=C/C=C/C=C/C=C/C=C\C=C\C=C/C=C\1. The van der Waals surface area contributed by atoms with Crippen LogP contribution >= 0.6 is 0 Å². The van der Waals surface area contributed by atoms with E-state index in [1.54, 1.807) is 0 Å². The Morgan fingerprint density at radius 1 is 0.207 bits per heavy atom. The van der Waals surface area contributed by atoms with Gasteiger partial charge in [0.05, 0.1) is 0 Å². The normalized spacial score (nSPS) is 28.4. The van der Waals surface area contributed by atoms with Crippen LogP contribution in [-0.2, 0) is 0 Å². The van der Waals surface area contributed by atoms with Crippen molar-refractivity contribution >= 4 is 0 Å². The summed E-state index contributed by atoms with van der Waals surface area (Å²) < 4.78 is 0. The highest BCUT2D eigenvalue weighted by Crippen LogP contribution is 2.10. The monoisotopic (exact) mass is 386 g/mol. The fraction of sp³-hybridized carbons (Fsp3) is 0.310. The molecule has 0 amide bonds. The highest BCUT2D eigenvalue weighted by Gasteiger charge is 1.90. The van der Waals surface area contributed by atoms with Crippen molar-refractivity contribution in [3.8, 4) is 0 Å². The Labute approximate surface area is 179 Å². The van der Waals surface area contributed by atoms with E-state index in [2.05, 4.69) is 60.8 Å². The third kappa shape index (κ3) is 20.0. The summed E-state index contributed by atoms with van der Waals surface area (Å²) in [6.07, 6.45) is 53.5. The van der Waals surface area contributed by atoms with Crippen molar-refractivity contribution in [2.75, 3.05) is 0 Å². The summed E-state index contributed by atoms with van der Waals surface area (Å²) in [5.74, 6) is 0. The molecule has 0 fully saturated rings. The molecule has 0 nitrogen and oxygen atoms in total. The molecule has 1 rings (SSSR count). The molecule has 0 aromatic heterocycles. The lowest BCUT2D eigenvalue weighted by atomic mass is 10.1. The van der Waals surface area contributed by atoms with Gasteiger partial charge in [0, 0.05) is 0 Å². The maximum atomic E-state index is 2.27. The van der Waals surface area contributed by atoms with Crippen LogP contribution in [0.5, 0.6) is 0 Å². The number of hydrogen-bond donors (Lipinski definition) is 0. The zero-order valence-electron chi connectivity index (χ0n) is 17.9. The van der Waals surface area contributed by atoms with Gasteiger partial charge in [0.15, 0.2) is 0 Å². The number of allylic oxidation sites excluding steroid dienone is 20. The predicted molar refractivity (Wildman–Crippen MR) is 133 cm³/mol. The van der Waals surface area contributed by atoms with Gasteiger partial charge in [-0.25, -0.2) is 0 Å². The standard InChI is InChI=1S/C29H38/c1-2-4-6-8-10-12-14-16-18-20-22-24-26-28-29-27-25-23-21-19-17-15-13-11-9-7-5-3-1/h1-20H,21-29H2/b3-1-,4-2+,7-5+,8-6+,11-9-,12-10+,15-13-,16-14+,19-17?,20-18+. The largest absolute Gasteiger partial charge is 0.0845 e. The maximum Gasteiger partial charge on any atom is -0.0348 e. The first-order valence-electron chi connectivity index (χ1n) is 11.1. The van der Waals surface area contributed by atoms with E-state index in [-0.39, 0.29) is 0 Å². The van der Waals surface area contributed by atoms with Crippen molar-refractivity contribution in [2.45, 2.75) is 57.8 Å². The van der Waals surface area contributed by atoms with Crippen LogP contribution in [0.4, 0.5) is 0 Å². The van der Waals surface area contributed by atoms with E-state index in [9.17, 15) is 0 Å². The average Bonchev–Trinajstić information content (AvgIpc) is 2.73. The van der Waals surface area contributed by atoms with Gasteiger partial charge in [-0.1, -0.05) is 154 Å². The number of rotatable bonds is 0. The molecule has 0 heterocycles. The molecule has 154 valence electrons. The number of hydrogen-bond acceptors (Lipinski definition) is 0.